The summed E-state index contributed by atoms with van der Waals surface area (Å²) < 4.78 is 0. The van der Waals surface area contributed by atoms with E-state index in [0.717, 1.165) is 5.92 Å². The summed E-state index contributed by atoms with van der Waals surface area (Å²) in [5, 5.41) is 0.379. The Bertz CT molecular complexity index is 88.9. The van der Waals surface area contributed by atoms with Gasteiger partial charge in [-0.05, 0) is 24.7 Å². The normalized spacial score (nSPS) is 16.9. The maximum atomic E-state index is 6.12. The molecule has 0 aliphatic heterocycles. The molecule has 0 bridgehead atoms. The highest BCUT2D eigenvalue weighted by atomic mass is 35.5. The third-order valence-electron chi connectivity index (χ3n) is 2.36. The van der Waals surface area contributed by atoms with Crippen LogP contribution in [0.4, 0.5) is 0 Å². The molecule has 0 nitrogen and oxygen atoms in total. The van der Waals surface area contributed by atoms with Crippen molar-refractivity contribution in [3.05, 3.63) is 0 Å². The van der Waals surface area contributed by atoms with Crippen LogP contribution in [-0.4, -0.2) is 5.38 Å². The second-order valence-electron chi connectivity index (χ2n) is 3.85. The van der Waals surface area contributed by atoms with Gasteiger partial charge in [-0.1, -0.05) is 34.1 Å². The van der Waals surface area contributed by atoms with Gasteiger partial charge in [0.15, 0.2) is 0 Å². The summed E-state index contributed by atoms with van der Waals surface area (Å²) in [4.78, 5) is 0. The second kappa shape index (κ2) is 5.88. The summed E-state index contributed by atoms with van der Waals surface area (Å²) in [5.41, 5.74) is 0. The van der Waals surface area contributed by atoms with E-state index in [1.54, 1.807) is 0 Å². The summed E-state index contributed by atoms with van der Waals surface area (Å²) in [7, 11) is 0. The van der Waals surface area contributed by atoms with E-state index in [1.807, 2.05) is 0 Å². The minimum atomic E-state index is 0.379. The number of halogens is 1. The molecule has 0 saturated heterocycles. The van der Waals surface area contributed by atoms with Crippen LogP contribution >= 0.6 is 11.6 Å². The molecule has 11 heavy (non-hydrogen) atoms. The van der Waals surface area contributed by atoms with Gasteiger partial charge < -0.3 is 0 Å². The van der Waals surface area contributed by atoms with Crippen molar-refractivity contribution in [1.29, 1.82) is 0 Å². The zero-order chi connectivity index (χ0) is 8.85. The number of hydrogen-bond acceptors (Lipinski definition) is 0. The van der Waals surface area contributed by atoms with Gasteiger partial charge in [-0.25, -0.2) is 0 Å². The zero-order valence-corrected chi connectivity index (χ0v) is 8.99. The molecule has 0 aromatic carbocycles. The van der Waals surface area contributed by atoms with Gasteiger partial charge in [0, 0.05) is 5.38 Å². The van der Waals surface area contributed by atoms with Crippen LogP contribution in [-0.2, 0) is 0 Å². The lowest BCUT2D eigenvalue weighted by Crippen LogP contribution is -2.09. The Balaban J connectivity index is 3.37. The lowest BCUT2D eigenvalue weighted by Gasteiger charge is -2.15. The predicted molar refractivity (Wildman–Crippen MR) is 53.2 cm³/mol. The van der Waals surface area contributed by atoms with Crippen LogP contribution in [0.25, 0.3) is 0 Å². The predicted octanol–water partition coefficient (Wildman–Crippen LogP) is 4.08. The summed E-state index contributed by atoms with van der Waals surface area (Å²) in [5.74, 6) is 1.47. The average Bonchev–Trinajstić information content (AvgIpc) is 1.99. The molecule has 0 rings (SSSR count). The molecule has 68 valence electrons. The van der Waals surface area contributed by atoms with E-state index >= 15 is 0 Å². The van der Waals surface area contributed by atoms with Crippen LogP contribution < -0.4 is 0 Å². The molecule has 0 heterocycles. The van der Waals surface area contributed by atoms with Gasteiger partial charge in [-0.2, -0.15) is 0 Å². The van der Waals surface area contributed by atoms with Gasteiger partial charge in [-0.3, -0.25) is 0 Å². The summed E-state index contributed by atoms with van der Waals surface area (Å²) >= 11 is 6.12. The van der Waals surface area contributed by atoms with E-state index in [4.69, 9.17) is 11.6 Å². The van der Waals surface area contributed by atoms with Crippen molar-refractivity contribution < 1.29 is 0 Å². The Morgan fingerprint density at radius 1 is 1.09 bits per heavy atom. The molecular formula is C10H21Cl. The molecule has 0 fully saturated rings. The highest BCUT2D eigenvalue weighted by Gasteiger charge is 2.10. The van der Waals surface area contributed by atoms with Gasteiger partial charge >= 0.3 is 0 Å². The van der Waals surface area contributed by atoms with Crippen molar-refractivity contribution in [3.8, 4) is 0 Å². The highest BCUT2D eigenvalue weighted by Crippen LogP contribution is 2.19. The lowest BCUT2D eigenvalue weighted by molar-refractivity contribution is 0.454. The Labute approximate surface area is 76.3 Å². The fourth-order valence-corrected chi connectivity index (χ4v) is 1.11. The minimum Gasteiger partial charge on any atom is -0.123 e. The summed E-state index contributed by atoms with van der Waals surface area (Å²) in [6, 6.07) is 0. The molecule has 0 aromatic heterocycles. The summed E-state index contributed by atoms with van der Waals surface area (Å²) in [6.07, 6.45) is 3.73. The first-order valence-corrected chi connectivity index (χ1v) is 5.15. The third kappa shape index (κ3) is 5.55. The SMILES string of the molecule is CCC(C)CCC(Cl)C(C)C. The minimum absolute atomic E-state index is 0.379. The van der Waals surface area contributed by atoms with Gasteiger partial charge in [0.05, 0.1) is 0 Å². The van der Waals surface area contributed by atoms with Crippen molar-refractivity contribution in [2.24, 2.45) is 11.8 Å². The average molecular weight is 177 g/mol. The molecule has 0 saturated carbocycles. The Morgan fingerprint density at radius 3 is 2.00 bits per heavy atom. The fraction of sp³-hybridized carbons (Fsp3) is 1.00. The van der Waals surface area contributed by atoms with Gasteiger partial charge in [0.1, 0.15) is 0 Å². The maximum Gasteiger partial charge on any atom is 0.0359 e. The monoisotopic (exact) mass is 176 g/mol. The molecule has 2 unspecified atom stereocenters. The molecule has 0 amide bonds. The number of alkyl halides is 1. The summed E-state index contributed by atoms with van der Waals surface area (Å²) in [6.45, 7) is 8.91. The highest BCUT2D eigenvalue weighted by molar-refractivity contribution is 6.20. The molecule has 0 N–H and O–H groups in total. The van der Waals surface area contributed by atoms with E-state index in [-0.39, 0.29) is 0 Å². The largest absolute Gasteiger partial charge is 0.123 e. The molecule has 0 radical (unpaired) electrons. The molecule has 0 aliphatic rings. The molecule has 0 aromatic rings. The van der Waals surface area contributed by atoms with Crippen LogP contribution in [0.2, 0.25) is 0 Å². The Morgan fingerprint density at radius 2 is 1.64 bits per heavy atom. The second-order valence-corrected chi connectivity index (χ2v) is 4.41. The van der Waals surface area contributed by atoms with E-state index in [0.29, 0.717) is 11.3 Å². The molecule has 2 atom stereocenters. The fourth-order valence-electron chi connectivity index (χ4n) is 0.981. The lowest BCUT2D eigenvalue weighted by atomic mass is 9.98. The van der Waals surface area contributed by atoms with Crippen LogP contribution in [0.1, 0.15) is 47.0 Å². The third-order valence-corrected chi connectivity index (χ3v) is 3.08. The van der Waals surface area contributed by atoms with Crippen molar-refractivity contribution >= 4 is 11.6 Å². The van der Waals surface area contributed by atoms with Crippen molar-refractivity contribution in [3.63, 3.8) is 0 Å². The Hall–Kier alpha value is 0.290. The number of rotatable bonds is 5. The Kier molecular flexibility index (Phi) is 6.03. The molecular weight excluding hydrogens is 156 g/mol. The first-order valence-electron chi connectivity index (χ1n) is 4.72. The van der Waals surface area contributed by atoms with Gasteiger partial charge in [0.2, 0.25) is 0 Å². The van der Waals surface area contributed by atoms with E-state index in [2.05, 4.69) is 27.7 Å². The van der Waals surface area contributed by atoms with Gasteiger partial charge in [0.25, 0.3) is 0 Å². The van der Waals surface area contributed by atoms with E-state index < -0.39 is 0 Å². The van der Waals surface area contributed by atoms with Crippen molar-refractivity contribution in [2.45, 2.75) is 52.3 Å². The van der Waals surface area contributed by atoms with Gasteiger partial charge in [-0.15, -0.1) is 11.6 Å². The van der Waals surface area contributed by atoms with Crippen LogP contribution in [0.15, 0.2) is 0 Å². The topological polar surface area (TPSA) is 0 Å². The van der Waals surface area contributed by atoms with Crippen LogP contribution in [0.5, 0.6) is 0 Å². The van der Waals surface area contributed by atoms with Crippen LogP contribution in [0.3, 0.4) is 0 Å². The first kappa shape index (κ1) is 11.3. The maximum absolute atomic E-state index is 6.12. The van der Waals surface area contributed by atoms with Crippen molar-refractivity contribution in [1.82, 2.24) is 0 Å². The number of hydrogen-bond donors (Lipinski definition) is 0. The smallest absolute Gasteiger partial charge is 0.0359 e. The molecule has 0 aliphatic carbocycles. The zero-order valence-electron chi connectivity index (χ0n) is 8.23. The molecule has 0 spiro atoms. The molecule has 1 heteroatoms. The van der Waals surface area contributed by atoms with Crippen molar-refractivity contribution in [2.75, 3.05) is 0 Å². The first-order chi connectivity index (χ1) is 5.07. The van der Waals surface area contributed by atoms with E-state index in [1.165, 1.54) is 19.3 Å². The van der Waals surface area contributed by atoms with E-state index in [9.17, 15) is 0 Å². The standard InChI is InChI=1S/C10H21Cl/c1-5-9(4)6-7-10(11)8(2)3/h8-10H,5-7H2,1-4H3. The quantitative estimate of drug-likeness (QED) is 0.554. The van der Waals surface area contributed by atoms with Crippen LogP contribution in [0, 0.1) is 11.8 Å².